The fourth-order valence-electron chi connectivity index (χ4n) is 1.29. The van der Waals surface area contributed by atoms with Crippen molar-refractivity contribution in [2.75, 3.05) is 12.3 Å². The molecular weight excluding hydrogens is 204 g/mol. The minimum absolute atomic E-state index is 0.0438. The smallest absolute Gasteiger partial charge is 0.220 e. The summed E-state index contributed by atoms with van der Waals surface area (Å²) in [5.74, 6) is -0.0438. The van der Waals surface area contributed by atoms with Crippen LogP contribution in [0.1, 0.15) is 18.9 Å². The summed E-state index contributed by atoms with van der Waals surface area (Å²) in [5.41, 5.74) is 7.37. The number of nitrogens with two attached hydrogens (primary N) is 1. The van der Waals surface area contributed by atoms with Crippen molar-refractivity contribution < 1.29 is 9.90 Å². The van der Waals surface area contributed by atoms with Gasteiger partial charge >= 0.3 is 0 Å². The third-order valence-corrected chi connectivity index (χ3v) is 2.22. The molecule has 0 aliphatic heterocycles. The summed E-state index contributed by atoms with van der Waals surface area (Å²) in [6, 6.07) is 7.47. The van der Waals surface area contributed by atoms with Crippen LogP contribution >= 0.6 is 0 Å². The van der Waals surface area contributed by atoms with Crippen LogP contribution in [0.2, 0.25) is 0 Å². The van der Waals surface area contributed by atoms with Crippen molar-refractivity contribution in [2.45, 2.75) is 25.9 Å². The summed E-state index contributed by atoms with van der Waals surface area (Å²) in [6.45, 7) is 1.95. The summed E-state index contributed by atoms with van der Waals surface area (Å²) in [5, 5.41) is 11.6. The largest absolute Gasteiger partial charge is 0.399 e. The van der Waals surface area contributed by atoms with Crippen molar-refractivity contribution in [1.82, 2.24) is 5.32 Å². The van der Waals surface area contributed by atoms with Gasteiger partial charge in [-0.15, -0.1) is 0 Å². The zero-order chi connectivity index (χ0) is 12.0. The van der Waals surface area contributed by atoms with Crippen LogP contribution in [0.25, 0.3) is 0 Å². The van der Waals surface area contributed by atoms with Crippen molar-refractivity contribution in [3.63, 3.8) is 0 Å². The third-order valence-electron chi connectivity index (χ3n) is 2.22. The van der Waals surface area contributed by atoms with Crippen LogP contribution in [0.3, 0.4) is 0 Å². The van der Waals surface area contributed by atoms with E-state index >= 15 is 0 Å². The predicted molar refractivity (Wildman–Crippen MR) is 63.9 cm³/mol. The molecule has 1 atom stereocenters. The molecular formula is C12H18N2O2. The maximum Gasteiger partial charge on any atom is 0.220 e. The lowest BCUT2D eigenvalue weighted by Gasteiger charge is -2.07. The summed E-state index contributed by atoms with van der Waals surface area (Å²) in [7, 11) is 0. The summed E-state index contributed by atoms with van der Waals surface area (Å²) in [4.78, 5) is 11.3. The van der Waals surface area contributed by atoms with Crippen molar-refractivity contribution in [2.24, 2.45) is 0 Å². The molecule has 4 heteroatoms. The Morgan fingerprint density at radius 1 is 1.44 bits per heavy atom. The van der Waals surface area contributed by atoms with E-state index in [1.165, 1.54) is 0 Å². The Morgan fingerprint density at radius 3 is 2.62 bits per heavy atom. The highest BCUT2D eigenvalue weighted by molar-refractivity contribution is 5.76. The van der Waals surface area contributed by atoms with Gasteiger partial charge in [0, 0.05) is 18.7 Å². The van der Waals surface area contributed by atoms with Gasteiger partial charge in [-0.05, 0) is 31.0 Å². The molecule has 0 bridgehead atoms. The number of hydrogen-bond donors (Lipinski definition) is 3. The number of carbonyl (C=O) groups excluding carboxylic acids is 1. The van der Waals surface area contributed by atoms with Crippen molar-refractivity contribution in [3.8, 4) is 0 Å². The number of hydrogen-bond acceptors (Lipinski definition) is 3. The molecule has 88 valence electrons. The lowest BCUT2D eigenvalue weighted by Crippen LogP contribution is -2.30. The highest BCUT2D eigenvalue weighted by Crippen LogP contribution is 2.07. The van der Waals surface area contributed by atoms with Gasteiger partial charge in [-0.2, -0.15) is 0 Å². The zero-order valence-corrected chi connectivity index (χ0v) is 9.44. The fraction of sp³-hybridized carbons (Fsp3) is 0.417. The Bertz CT molecular complexity index is 333. The van der Waals surface area contributed by atoms with E-state index in [2.05, 4.69) is 5.32 Å². The number of nitrogens with one attached hydrogen (secondary N) is 1. The lowest BCUT2D eigenvalue weighted by atomic mass is 10.1. The maximum atomic E-state index is 11.3. The molecule has 0 heterocycles. The van der Waals surface area contributed by atoms with Gasteiger partial charge < -0.3 is 16.2 Å². The normalized spacial score (nSPS) is 12.1. The molecule has 4 N–H and O–H groups in total. The van der Waals surface area contributed by atoms with Gasteiger partial charge in [0.2, 0.25) is 5.91 Å². The first-order chi connectivity index (χ1) is 7.58. The van der Waals surface area contributed by atoms with E-state index in [0.29, 0.717) is 19.4 Å². The number of aryl methyl sites for hydroxylation is 1. The van der Waals surface area contributed by atoms with Crippen molar-refractivity contribution in [3.05, 3.63) is 29.8 Å². The van der Waals surface area contributed by atoms with Crippen LogP contribution in [-0.2, 0) is 11.2 Å². The van der Waals surface area contributed by atoms with E-state index in [1.807, 2.05) is 24.3 Å². The SMILES string of the molecule is CC(O)CNC(=O)CCc1ccc(N)cc1. The van der Waals surface area contributed by atoms with Gasteiger partial charge in [0.05, 0.1) is 6.10 Å². The zero-order valence-electron chi connectivity index (χ0n) is 9.44. The molecule has 0 aliphatic carbocycles. The Hall–Kier alpha value is -1.55. The number of nitrogen functional groups attached to an aromatic ring is 1. The summed E-state index contributed by atoms with van der Waals surface area (Å²) in [6.07, 6.45) is 0.614. The molecule has 1 rings (SSSR count). The van der Waals surface area contributed by atoms with Crippen LogP contribution in [0, 0.1) is 0 Å². The number of rotatable bonds is 5. The average Bonchev–Trinajstić information content (AvgIpc) is 2.25. The molecule has 0 aromatic heterocycles. The standard InChI is InChI=1S/C12H18N2O2/c1-9(15)8-14-12(16)7-4-10-2-5-11(13)6-3-10/h2-3,5-6,9,15H,4,7-8,13H2,1H3,(H,14,16). The molecule has 16 heavy (non-hydrogen) atoms. The Balaban J connectivity index is 2.29. The molecule has 1 aromatic carbocycles. The Morgan fingerprint density at radius 2 is 2.06 bits per heavy atom. The number of anilines is 1. The fourth-order valence-corrected chi connectivity index (χ4v) is 1.29. The second kappa shape index (κ2) is 6.12. The number of benzene rings is 1. The van der Waals surface area contributed by atoms with Crippen LogP contribution < -0.4 is 11.1 Å². The molecule has 0 radical (unpaired) electrons. The average molecular weight is 222 g/mol. The van der Waals surface area contributed by atoms with Crippen molar-refractivity contribution in [1.29, 1.82) is 0 Å². The van der Waals surface area contributed by atoms with E-state index in [0.717, 1.165) is 11.3 Å². The molecule has 0 spiro atoms. The highest BCUT2D eigenvalue weighted by Gasteiger charge is 2.03. The molecule has 1 unspecified atom stereocenters. The third kappa shape index (κ3) is 4.79. The first-order valence-electron chi connectivity index (χ1n) is 5.37. The Kier molecular flexibility index (Phi) is 4.79. The highest BCUT2D eigenvalue weighted by atomic mass is 16.3. The minimum Gasteiger partial charge on any atom is -0.399 e. The molecule has 0 saturated carbocycles. The van der Waals surface area contributed by atoms with Gasteiger partial charge in [0.15, 0.2) is 0 Å². The van der Waals surface area contributed by atoms with Gasteiger partial charge in [-0.25, -0.2) is 0 Å². The molecule has 1 aromatic rings. The van der Waals surface area contributed by atoms with E-state index in [9.17, 15) is 4.79 Å². The monoisotopic (exact) mass is 222 g/mol. The number of carbonyl (C=O) groups is 1. The number of amides is 1. The number of aliphatic hydroxyl groups is 1. The maximum absolute atomic E-state index is 11.3. The van der Waals surface area contributed by atoms with Crippen LogP contribution in [0.4, 0.5) is 5.69 Å². The van der Waals surface area contributed by atoms with Crippen molar-refractivity contribution >= 4 is 11.6 Å². The van der Waals surface area contributed by atoms with E-state index in [-0.39, 0.29) is 5.91 Å². The molecule has 0 saturated heterocycles. The molecule has 1 amide bonds. The topological polar surface area (TPSA) is 75.3 Å². The summed E-state index contributed by atoms with van der Waals surface area (Å²) >= 11 is 0. The van der Waals surface area contributed by atoms with Gasteiger partial charge in [0.25, 0.3) is 0 Å². The van der Waals surface area contributed by atoms with E-state index < -0.39 is 6.10 Å². The Labute approximate surface area is 95.5 Å². The van der Waals surface area contributed by atoms with Crippen LogP contribution in [-0.4, -0.2) is 23.7 Å². The summed E-state index contributed by atoms with van der Waals surface area (Å²) < 4.78 is 0. The van der Waals surface area contributed by atoms with E-state index in [4.69, 9.17) is 10.8 Å². The van der Waals surface area contributed by atoms with Gasteiger partial charge in [0.1, 0.15) is 0 Å². The predicted octanol–water partition coefficient (Wildman–Crippen LogP) is 0.698. The second-order valence-electron chi connectivity index (χ2n) is 3.89. The number of aliphatic hydroxyl groups excluding tert-OH is 1. The van der Waals surface area contributed by atoms with Gasteiger partial charge in [-0.1, -0.05) is 12.1 Å². The van der Waals surface area contributed by atoms with Gasteiger partial charge in [-0.3, -0.25) is 4.79 Å². The molecule has 0 fully saturated rings. The first-order valence-corrected chi connectivity index (χ1v) is 5.37. The quantitative estimate of drug-likeness (QED) is 0.642. The minimum atomic E-state index is -0.500. The molecule has 4 nitrogen and oxygen atoms in total. The van der Waals surface area contributed by atoms with Crippen LogP contribution in [0.5, 0.6) is 0 Å². The van der Waals surface area contributed by atoms with Crippen LogP contribution in [0.15, 0.2) is 24.3 Å². The van der Waals surface area contributed by atoms with E-state index in [1.54, 1.807) is 6.92 Å². The molecule has 0 aliphatic rings. The second-order valence-corrected chi connectivity index (χ2v) is 3.89. The lowest BCUT2D eigenvalue weighted by molar-refractivity contribution is -0.121. The first kappa shape index (κ1) is 12.5.